The van der Waals surface area contributed by atoms with E-state index in [2.05, 4.69) is 85.4 Å². The second-order valence-electron chi connectivity index (χ2n) is 9.65. The van der Waals surface area contributed by atoms with Crippen LogP contribution in [0.5, 0.6) is 5.75 Å². The van der Waals surface area contributed by atoms with Crippen molar-refractivity contribution in [3.05, 3.63) is 80.4 Å². The minimum atomic E-state index is 0.590. The molecule has 0 atom stereocenters. The summed E-state index contributed by atoms with van der Waals surface area (Å²) in [5.41, 5.74) is 8.95. The maximum absolute atomic E-state index is 6.06. The Kier molecular flexibility index (Phi) is 9.02. The third-order valence-electron chi connectivity index (χ3n) is 6.56. The number of hydrogen-bond acceptors (Lipinski definition) is 3. The molecule has 0 bridgehead atoms. The second-order valence-corrected chi connectivity index (χ2v) is 10.7. The molecule has 0 aliphatic carbocycles. The van der Waals surface area contributed by atoms with Crippen molar-refractivity contribution in [2.24, 2.45) is 4.99 Å². The van der Waals surface area contributed by atoms with Gasteiger partial charge in [0, 0.05) is 9.79 Å². The molecule has 34 heavy (non-hydrogen) atoms. The maximum atomic E-state index is 6.06. The van der Waals surface area contributed by atoms with E-state index < -0.39 is 0 Å². The van der Waals surface area contributed by atoms with Crippen molar-refractivity contribution in [2.75, 3.05) is 6.61 Å². The molecule has 3 heteroatoms. The first kappa shape index (κ1) is 26.1. The molecule has 2 aromatic carbocycles. The van der Waals surface area contributed by atoms with Gasteiger partial charge in [-0.2, -0.15) is 0 Å². The smallest absolute Gasteiger partial charge is 0.121 e. The van der Waals surface area contributed by atoms with Crippen LogP contribution in [0.4, 0.5) is 5.69 Å². The molecule has 2 nitrogen and oxygen atoms in total. The highest BCUT2D eigenvalue weighted by Crippen LogP contribution is 2.40. The van der Waals surface area contributed by atoms with Gasteiger partial charge in [-0.25, -0.2) is 4.99 Å². The van der Waals surface area contributed by atoms with E-state index in [1.54, 1.807) is 11.8 Å². The van der Waals surface area contributed by atoms with E-state index in [4.69, 9.17) is 9.73 Å². The number of allylic oxidation sites excluding steroid dienone is 5. The quantitative estimate of drug-likeness (QED) is 0.292. The zero-order valence-electron chi connectivity index (χ0n) is 22.0. The van der Waals surface area contributed by atoms with Crippen LogP contribution in [0.25, 0.3) is 6.58 Å². The van der Waals surface area contributed by atoms with Gasteiger partial charge in [-0.3, -0.25) is 0 Å². The predicted octanol–water partition coefficient (Wildman–Crippen LogP) is 8.24. The molecule has 0 N–H and O–H groups in total. The topological polar surface area (TPSA) is 21.6 Å². The summed E-state index contributed by atoms with van der Waals surface area (Å²) < 4.78 is 6.06. The van der Waals surface area contributed by atoms with Crippen LogP contribution in [0.2, 0.25) is 0 Å². The summed E-state index contributed by atoms with van der Waals surface area (Å²) in [4.78, 5) is 7.33. The van der Waals surface area contributed by atoms with E-state index in [1.807, 2.05) is 6.07 Å². The fraction of sp³-hybridized carbons (Fsp3) is 0.387. The van der Waals surface area contributed by atoms with Crippen LogP contribution in [0.15, 0.2) is 67.9 Å². The second kappa shape index (κ2) is 11.8. The van der Waals surface area contributed by atoms with Crippen LogP contribution < -0.4 is 15.3 Å². The van der Waals surface area contributed by atoms with E-state index in [0.29, 0.717) is 6.61 Å². The first-order valence-corrected chi connectivity index (χ1v) is 13.1. The third kappa shape index (κ3) is 6.54. The van der Waals surface area contributed by atoms with Gasteiger partial charge in [0.2, 0.25) is 0 Å². The summed E-state index contributed by atoms with van der Waals surface area (Å²) in [6.07, 6.45) is 11.3. The molecule has 180 valence electrons. The third-order valence-corrected chi connectivity index (χ3v) is 7.81. The number of benzene rings is 2. The number of hydrogen-bond donors (Lipinski definition) is 0. The lowest BCUT2D eigenvalue weighted by molar-refractivity contribution is 0.361. The lowest BCUT2D eigenvalue weighted by Gasteiger charge is -2.18. The van der Waals surface area contributed by atoms with Crippen LogP contribution in [0, 0.1) is 20.8 Å². The molecular weight excluding hydrogens is 434 g/mol. The van der Waals surface area contributed by atoms with Gasteiger partial charge in [-0.15, -0.1) is 0 Å². The minimum absolute atomic E-state index is 0.590. The van der Waals surface area contributed by atoms with Gasteiger partial charge in [-0.05, 0) is 120 Å². The van der Waals surface area contributed by atoms with Crippen molar-refractivity contribution in [1.29, 1.82) is 0 Å². The highest BCUT2D eigenvalue weighted by Gasteiger charge is 2.18. The molecule has 0 fully saturated rings. The SMILES string of the molecule is C=c1c(C)c(C)c2c(c1C)Sc1cc(OC/C=C(\C)CC/C=C(\C)CCC=C(C)C)ccc1N=2. The van der Waals surface area contributed by atoms with E-state index in [-0.39, 0.29) is 0 Å². The van der Waals surface area contributed by atoms with E-state index in [0.717, 1.165) is 52.6 Å². The molecule has 0 spiro atoms. The molecule has 2 aromatic rings. The highest BCUT2D eigenvalue weighted by atomic mass is 32.2. The fourth-order valence-corrected chi connectivity index (χ4v) is 5.22. The van der Waals surface area contributed by atoms with Gasteiger partial charge in [0.25, 0.3) is 0 Å². The fourth-order valence-electron chi connectivity index (χ4n) is 4.04. The zero-order chi connectivity index (χ0) is 24.8. The molecule has 3 rings (SSSR count). The molecule has 0 aromatic heterocycles. The molecule has 0 radical (unpaired) electrons. The molecule has 0 unspecified atom stereocenters. The Labute approximate surface area is 210 Å². The van der Waals surface area contributed by atoms with E-state index in [1.165, 1.54) is 38.3 Å². The van der Waals surface area contributed by atoms with Crippen LogP contribution in [-0.4, -0.2) is 6.61 Å². The molecule has 1 aliphatic rings. The summed E-state index contributed by atoms with van der Waals surface area (Å²) in [5.74, 6) is 0.889. The standard InChI is InChI=1S/C31H39NOS/c1-20(2)11-9-12-21(3)13-10-14-22(4)17-18-33-27-15-16-28-29(19-27)34-31-26(8)24(6)23(5)25(7)30(31)32-28/h11,13,15-17,19H,6,9-10,12,14,18H2,1-5,7-8H3/b21-13+,22-17+. The van der Waals surface area contributed by atoms with Gasteiger partial charge >= 0.3 is 0 Å². The Bertz CT molecular complexity index is 1260. The van der Waals surface area contributed by atoms with E-state index >= 15 is 0 Å². The van der Waals surface area contributed by atoms with E-state index in [9.17, 15) is 0 Å². The number of nitrogens with zero attached hydrogens (tertiary/aromatic N) is 1. The van der Waals surface area contributed by atoms with Crippen molar-refractivity contribution in [1.82, 2.24) is 0 Å². The summed E-state index contributed by atoms with van der Waals surface area (Å²) in [7, 11) is 0. The largest absolute Gasteiger partial charge is 0.489 e. The first-order chi connectivity index (χ1) is 16.2. The van der Waals surface area contributed by atoms with Crippen LogP contribution in [0.1, 0.15) is 70.1 Å². The van der Waals surface area contributed by atoms with Gasteiger partial charge < -0.3 is 4.74 Å². The molecule has 1 aliphatic heterocycles. The lowest BCUT2D eigenvalue weighted by Crippen LogP contribution is -2.24. The van der Waals surface area contributed by atoms with Crippen LogP contribution in [0.3, 0.4) is 0 Å². The van der Waals surface area contributed by atoms with Crippen molar-refractivity contribution in [2.45, 2.75) is 83.9 Å². The van der Waals surface area contributed by atoms with Gasteiger partial charge in [-0.1, -0.05) is 47.2 Å². The Morgan fingerprint density at radius 2 is 1.59 bits per heavy atom. The number of ether oxygens (including phenoxy) is 1. The Hall–Kier alpha value is -2.52. The van der Waals surface area contributed by atoms with Crippen LogP contribution in [-0.2, 0) is 0 Å². The molecule has 0 amide bonds. The lowest BCUT2D eigenvalue weighted by atomic mass is 10.0. The summed E-state index contributed by atoms with van der Waals surface area (Å²) in [6.45, 7) is 20.0. The number of rotatable bonds is 9. The molecule has 0 saturated heterocycles. The van der Waals surface area contributed by atoms with Crippen molar-refractivity contribution in [3.63, 3.8) is 0 Å². The zero-order valence-corrected chi connectivity index (χ0v) is 22.8. The van der Waals surface area contributed by atoms with Crippen molar-refractivity contribution < 1.29 is 4.74 Å². The maximum Gasteiger partial charge on any atom is 0.121 e. The van der Waals surface area contributed by atoms with Gasteiger partial charge in [0.15, 0.2) is 0 Å². The summed E-state index contributed by atoms with van der Waals surface area (Å²) in [5, 5.41) is 2.21. The summed E-state index contributed by atoms with van der Waals surface area (Å²) in [6, 6.07) is 6.22. The minimum Gasteiger partial charge on any atom is -0.489 e. The highest BCUT2D eigenvalue weighted by molar-refractivity contribution is 7.99. The Balaban J connectivity index is 1.59. The van der Waals surface area contributed by atoms with Gasteiger partial charge in [0.1, 0.15) is 12.4 Å². The molecular formula is C31H39NOS. The molecule has 1 heterocycles. The monoisotopic (exact) mass is 473 g/mol. The molecule has 0 saturated carbocycles. The predicted molar refractivity (Wildman–Crippen MR) is 148 cm³/mol. The summed E-state index contributed by atoms with van der Waals surface area (Å²) >= 11 is 1.78. The van der Waals surface area contributed by atoms with Gasteiger partial charge in [0.05, 0.1) is 11.0 Å². The van der Waals surface area contributed by atoms with Crippen molar-refractivity contribution >= 4 is 24.0 Å². The Morgan fingerprint density at radius 1 is 0.912 bits per heavy atom. The average Bonchev–Trinajstić information content (AvgIpc) is 2.80. The van der Waals surface area contributed by atoms with Crippen molar-refractivity contribution in [3.8, 4) is 5.75 Å². The Morgan fingerprint density at radius 3 is 2.29 bits per heavy atom. The average molecular weight is 474 g/mol. The number of fused-ring (bicyclic) bond motifs is 2. The van der Waals surface area contributed by atoms with Crippen LogP contribution >= 0.6 is 11.8 Å². The first-order valence-electron chi connectivity index (χ1n) is 12.2. The normalized spacial score (nSPS) is 13.1.